The number of carbonyl (C=O) groups is 1. The van der Waals surface area contributed by atoms with Crippen molar-refractivity contribution in [3.8, 4) is 16.9 Å². The minimum absolute atomic E-state index is 0.0859. The van der Waals surface area contributed by atoms with Crippen LogP contribution in [-0.4, -0.2) is 71.5 Å². The molecule has 0 aliphatic carbocycles. The Morgan fingerprint density at radius 2 is 1.60 bits per heavy atom. The van der Waals surface area contributed by atoms with E-state index in [-0.39, 0.29) is 17.1 Å². The van der Waals surface area contributed by atoms with E-state index in [1.165, 1.54) is 6.42 Å². The van der Waals surface area contributed by atoms with Crippen LogP contribution in [0.4, 0.5) is 0 Å². The second-order valence-electron chi connectivity index (χ2n) is 9.66. The Morgan fingerprint density at radius 3 is 2.31 bits per heavy atom. The van der Waals surface area contributed by atoms with Gasteiger partial charge < -0.3 is 14.4 Å². The lowest BCUT2D eigenvalue weighted by atomic mass is 10.0. The van der Waals surface area contributed by atoms with Gasteiger partial charge >= 0.3 is 0 Å². The fourth-order valence-electron chi connectivity index (χ4n) is 5.27. The van der Waals surface area contributed by atoms with Gasteiger partial charge in [0.15, 0.2) is 0 Å². The fraction of sp³-hybridized carbons (Fsp3) is 0.429. The fourth-order valence-corrected chi connectivity index (χ4v) is 5.27. The van der Waals surface area contributed by atoms with E-state index in [0.29, 0.717) is 40.9 Å². The number of amides is 1. The molecule has 2 fully saturated rings. The first-order valence-electron chi connectivity index (χ1n) is 12.6. The highest BCUT2D eigenvalue weighted by molar-refractivity contribution is 5.86. The third kappa shape index (κ3) is 4.97. The summed E-state index contributed by atoms with van der Waals surface area (Å²) in [5.41, 5.74) is 2.39. The molecule has 2 aliphatic rings. The molecule has 0 spiro atoms. The molecular weight excluding hydrogens is 442 g/mol. The number of piperidine rings is 1. The largest absolute Gasteiger partial charge is 0.507 e. The number of nitrogens with zero attached hydrogens (tertiary/aromatic N) is 3. The molecule has 0 unspecified atom stereocenters. The number of hydrogen-bond donors (Lipinski definition) is 1. The zero-order chi connectivity index (χ0) is 24.4. The Morgan fingerprint density at radius 1 is 0.914 bits per heavy atom. The molecule has 2 aliphatic heterocycles. The van der Waals surface area contributed by atoms with Crippen LogP contribution in [0.25, 0.3) is 22.1 Å². The molecule has 1 amide bonds. The second kappa shape index (κ2) is 10.2. The molecule has 0 bridgehead atoms. The zero-order valence-corrected chi connectivity index (χ0v) is 20.3. The molecular formula is C28H33N3O4. The van der Waals surface area contributed by atoms with Crippen LogP contribution in [0.2, 0.25) is 0 Å². The van der Waals surface area contributed by atoms with Crippen LogP contribution in [0.5, 0.6) is 5.75 Å². The number of phenols is 1. The van der Waals surface area contributed by atoms with Gasteiger partial charge in [0.1, 0.15) is 17.1 Å². The SMILES string of the molecule is Cc1oc2c(CN3CCN(CC(=O)N4CCCCC4)CC3)c(O)ccc2c(=O)c1-c1ccccc1. The number of carbonyl (C=O) groups excluding carboxylic acids is 1. The molecule has 2 saturated heterocycles. The third-order valence-electron chi connectivity index (χ3n) is 7.29. The van der Waals surface area contributed by atoms with Gasteiger partial charge in [0, 0.05) is 45.8 Å². The molecule has 1 aromatic heterocycles. The van der Waals surface area contributed by atoms with Crippen LogP contribution >= 0.6 is 0 Å². The average Bonchev–Trinajstić information content (AvgIpc) is 2.88. The minimum Gasteiger partial charge on any atom is -0.507 e. The predicted octanol–water partition coefficient (Wildman–Crippen LogP) is 3.60. The monoisotopic (exact) mass is 475 g/mol. The number of piperazine rings is 1. The number of rotatable bonds is 5. The first-order valence-corrected chi connectivity index (χ1v) is 12.6. The molecule has 7 heteroatoms. The van der Waals surface area contributed by atoms with E-state index < -0.39 is 0 Å². The van der Waals surface area contributed by atoms with Crippen LogP contribution < -0.4 is 5.43 Å². The topological polar surface area (TPSA) is 77.2 Å². The van der Waals surface area contributed by atoms with Gasteiger partial charge in [-0.2, -0.15) is 0 Å². The molecule has 35 heavy (non-hydrogen) atoms. The van der Waals surface area contributed by atoms with Gasteiger partial charge in [0.2, 0.25) is 11.3 Å². The van der Waals surface area contributed by atoms with Crippen molar-refractivity contribution in [1.29, 1.82) is 0 Å². The standard InChI is InChI=1S/C28H33N3O4/c1-20-26(21-8-4-2-5-9-21)27(34)22-10-11-24(32)23(28(22)35-20)18-29-14-16-30(17-15-29)19-25(33)31-12-6-3-7-13-31/h2,4-5,8-11,32H,3,6-7,12-19H2,1H3. The number of likely N-dealkylation sites (tertiary alicyclic amines) is 1. The predicted molar refractivity (Wildman–Crippen MR) is 136 cm³/mol. The maximum Gasteiger partial charge on any atom is 0.236 e. The number of benzene rings is 2. The van der Waals surface area contributed by atoms with E-state index in [4.69, 9.17) is 4.42 Å². The summed E-state index contributed by atoms with van der Waals surface area (Å²) in [6, 6.07) is 12.8. The normalized spacial score (nSPS) is 17.7. The number of aryl methyl sites for hydroxylation is 1. The van der Waals surface area contributed by atoms with Crippen molar-refractivity contribution in [3.63, 3.8) is 0 Å². The molecule has 7 nitrogen and oxygen atoms in total. The smallest absolute Gasteiger partial charge is 0.236 e. The number of phenolic OH excluding ortho intramolecular Hbond substituents is 1. The first kappa shape index (κ1) is 23.6. The Hall–Kier alpha value is -3.16. The maximum atomic E-state index is 13.4. The van der Waals surface area contributed by atoms with Gasteiger partial charge in [-0.15, -0.1) is 0 Å². The summed E-state index contributed by atoms with van der Waals surface area (Å²) in [6.45, 7) is 7.70. The average molecular weight is 476 g/mol. The molecule has 5 rings (SSSR count). The van der Waals surface area contributed by atoms with Crippen molar-refractivity contribution >= 4 is 16.9 Å². The van der Waals surface area contributed by atoms with E-state index in [2.05, 4.69) is 9.80 Å². The maximum absolute atomic E-state index is 13.4. The highest BCUT2D eigenvalue weighted by atomic mass is 16.3. The van der Waals surface area contributed by atoms with E-state index in [1.54, 1.807) is 19.1 Å². The van der Waals surface area contributed by atoms with E-state index >= 15 is 0 Å². The lowest BCUT2D eigenvalue weighted by molar-refractivity contribution is -0.133. The molecule has 0 saturated carbocycles. The number of fused-ring (bicyclic) bond motifs is 1. The Kier molecular flexibility index (Phi) is 6.88. The van der Waals surface area contributed by atoms with Crippen LogP contribution in [0.1, 0.15) is 30.6 Å². The minimum atomic E-state index is -0.0859. The molecule has 3 heterocycles. The highest BCUT2D eigenvalue weighted by Crippen LogP contribution is 2.31. The van der Waals surface area contributed by atoms with Gasteiger partial charge in [-0.05, 0) is 43.9 Å². The molecule has 3 aromatic rings. The van der Waals surface area contributed by atoms with Gasteiger partial charge in [-0.3, -0.25) is 19.4 Å². The number of aromatic hydroxyl groups is 1. The number of hydrogen-bond acceptors (Lipinski definition) is 6. The highest BCUT2D eigenvalue weighted by Gasteiger charge is 2.25. The van der Waals surface area contributed by atoms with E-state index in [0.717, 1.165) is 57.7 Å². The molecule has 184 valence electrons. The van der Waals surface area contributed by atoms with Gasteiger partial charge in [-0.25, -0.2) is 0 Å². The van der Waals surface area contributed by atoms with Crippen molar-refractivity contribution in [2.45, 2.75) is 32.7 Å². The lowest BCUT2D eigenvalue weighted by Crippen LogP contribution is -2.50. The second-order valence-corrected chi connectivity index (χ2v) is 9.66. The third-order valence-corrected chi connectivity index (χ3v) is 7.29. The van der Waals surface area contributed by atoms with Crippen molar-refractivity contribution in [3.05, 3.63) is 64.0 Å². The van der Waals surface area contributed by atoms with Crippen molar-refractivity contribution in [2.75, 3.05) is 45.8 Å². The summed E-state index contributed by atoms with van der Waals surface area (Å²) in [7, 11) is 0. The zero-order valence-electron chi connectivity index (χ0n) is 20.3. The van der Waals surface area contributed by atoms with Crippen LogP contribution in [-0.2, 0) is 11.3 Å². The lowest BCUT2D eigenvalue weighted by Gasteiger charge is -2.36. The summed E-state index contributed by atoms with van der Waals surface area (Å²) >= 11 is 0. The van der Waals surface area contributed by atoms with Gasteiger partial charge in [0.25, 0.3) is 0 Å². The summed E-state index contributed by atoms with van der Waals surface area (Å²) in [5, 5.41) is 11.2. The Balaban J connectivity index is 1.31. The van der Waals surface area contributed by atoms with Crippen LogP contribution in [0.3, 0.4) is 0 Å². The van der Waals surface area contributed by atoms with Crippen LogP contribution in [0.15, 0.2) is 51.7 Å². The van der Waals surface area contributed by atoms with E-state index in [9.17, 15) is 14.7 Å². The van der Waals surface area contributed by atoms with Gasteiger partial charge in [0.05, 0.1) is 23.1 Å². The van der Waals surface area contributed by atoms with Crippen molar-refractivity contribution in [1.82, 2.24) is 14.7 Å². The van der Waals surface area contributed by atoms with Crippen LogP contribution in [0, 0.1) is 6.92 Å². The summed E-state index contributed by atoms with van der Waals surface area (Å²) in [6.07, 6.45) is 3.43. The molecule has 1 N–H and O–H groups in total. The van der Waals surface area contributed by atoms with Gasteiger partial charge in [-0.1, -0.05) is 30.3 Å². The van der Waals surface area contributed by atoms with E-state index in [1.807, 2.05) is 35.2 Å². The summed E-state index contributed by atoms with van der Waals surface area (Å²) in [5.74, 6) is 0.910. The Labute approximate surface area is 205 Å². The first-order chi connectivity index (χ1) is 17.0. The summed E-state index contributed by atoms with van der Waals surface area (Å²) < 4.78 is 6.18. The summed E-state index contributed by atoms with van der Waals surface area (Å²) in [4.78, 5) is 32.5. The molecule has 0 atom stereocenters. The molecule has 2 aromatic carbocycles. The quantitative estimate of drug-likeness (QED) is 0.608. The van der Waals surface area contributed by atoms with Crippen molar-refractivity contribution in [2.24, 2.45) is 0 Å². The van der Waals surface area contributed by atoms with Crippen molar-refractivity contribution < 1.29 is 14.3 Å². The Bertz CT molecular complexity index is 1260. The molecule has 0 radical (unpaired) electrons.